The van der Waals surface area contributed by atoms with Gasteiger partial charge in [-0.25, -0.2) is 0 Å². The maximum Gasteiger partial charge on any atom is 0.224 e. The molecule has 0 radical (unpaired) electrons. The molecule has 1 saturated heterocycles. The second kappa shape index (κ2) is 6.93. The van der Waals surface area contributed by atoms with Gasteiger partial charge in [-0.15, -0.1) is 0 Å². The summed E-state index contributed by atoms with van der Waals surface area (Å²) in [6.07, 6.45) is 4.38. The lowest BCUT2D eigenvalue weighted by Crippen LogP contribution is -2.61. The van der Waals surface area contributed by atoms with Crippen LogP contribution in [0.15, 0.2) is 24.4 Å². The first kappa shape index (κ1) is 18.5. The van der Waals surface area contributed by atoms with Crippen LogP contribution in [-0.4, -0.2) is 60.3 Å². The standard InChI is InChI=1S/C21H29N3O3/c1-4-15(12-25)23-20(26)14-9-21(27-3)16-6-5-7-17-19(16)13(10-22-17)8-18(21)24(2)11-14/h5-7,10,14-15,18,22,25H,4,8-9,11-12H2,1-3H3,(H,23,26). The van der Waals surface area contributed by atoms with Gasteiger partial charge in [0, 0.05) is 36.8 Å². The van der Waals surface area contributed by atoms with E-state index >= 15 is 0 Å². The van der Waals surface area contributed by atoms with Gasteiger partial charge in [-0.05, 0) is 43.5 Å². The number of likely N-dealkylation sites (N-methyl/N-ethyl adjacent to an activating group) is 1. The molecule has 1 aromatic carbocycles. The number of rotatable bonds is 5. The van der Waals surface area contributed by atoms with Gasteiger partial charge in [0.15, 0.2) is 0 Å². The Kier molecular flexibility index (Phi) is 4.74. The van der Waals surface area contributed by atoms with Crippen LogP contribution in [0.2, 0.25) is 0 Å². The van der Waals surface area contributed by atoms with Gasteiger partial charge in [-0.3, -0.25) is 9.69 Å². The van der Waals surface area contributed by atoms with Gasteiger partial charge in [0.1, 0.15) is 5.60 Å². The first-order valence-electron chi connectivity index (χ1n) is 9.80. The number of piperidine rings is 1. The summed E-state index contributed by atoms with van der Waals surface area (Å²) < 4.78 is 6.22. The number of aliphatic hydroxyl groups is 1. The zero-order chi connectivity index (χ0) is 19.2. The van der Waals surface area contributed by atoms with Gasteiger partial charge in [0.05, 0.1) is 18.6 Å². The fraction of sp³-hybridized carbons (Fsp3) is 0.571. The second-order valence-electron chi connectivity index (χ2n) is 7.99. The predicted molar refractivity (Wildman–Crippen MR) is 105 cm³/mol. The Balaban J connectivity index is 1.72. The highest BCUT2D eigenvalue weighted by Gasteiger charge is 2.52. The van der Waals surface area contributed by atoms with E-state index in [2.05, 4.69) is 46.6 Å². The highest BCUT2D eigenvalue weighted by Crippen LogP contribution is 2.49. The quantitative estimate of drug-likeness (QED) is 0.749. The van der Waals surface area contributed by atoms with Gasteiger partial charge in [0.25, 0.3) is 0 Å². The first-order chi connectivity index (χ1) is 13.0. The summed E-state index contributed by atoms with van der Waals surface area (Å²) in [6, 6.07) is 6.30. The normalized spacial score (nSPS) is 28.7. The van der Waals surface area contributed by atoms with E-state index in [4.69, 9.17) is 4.74 Å². The number of nitrogens with zero attached hydrogens (tertiary/aromatic N) is 1. The number of aliphatic hydroxyl groups excluding tert-OH is 1. The molecule has 146 valence electrons. The van der Waals surface area contributed by atoms with Crippen LogP contribution in [0.4, 0.5) is 0 Å². The third-order valence-corrected chi connectivity index (χ3v) is 6.58. The number of likely N-dealkylation sites (tertiary alicyclic amines) is 1. The highest BCUT2D eigenvalue weighted by atomic mass is 16.5. The molecule has 1 fully saturated rings. The second-order valence-corrected chi connectivity index (χ2v) is 7.99. The number of hydrogen-bond acceptors (Lipinski definition) is 4. The van der Waals surface area contributed by atoms with Crippen molar-refractivity contribution < 1.29 is 14.6 Å². The topological polar surface area (TPSA) is 77.6 Å². The molecule has 4 rings (SSSR count). The Morgan fingerprint density at radius 3 is 3.04 bits per heavy atom. The molecule has 6 heteroatoms. The number of benzene rings is 1. The first-order valence-corrected chi connectivity index (χ1v) is 9.80. The number of aromatic amines is 1. The Hall–Kier alpha value is -1.89. The molecule has 4 atom stereocenters. The molecule has 3 N–H and O–H groups in total. The number of H-pyrrole nitrogens is 1. The lowest BCUT2D eigenvalue weighted by molar-refractivity contribution is -0.148. The van der Waals surface area contributed by atoms with Crippen LogP contribution in [0, 0.1) is 5.92 Å². The number of nitrogens with one attached hydrogen (secondary N) is 2. The number of carbonyl (C=O) groups is 1. The molecule has 1 aromatic heterocycles. The number of amides is 1. The maximum atomic E-state index is 12.9. The molecule has 0 spiro atoms. The lowest BCUT2D eigenvalue weighted by atomic mass is 9.68. The molecule has 1 aliphatic carbocycles. The van der Waals surface area contributed by atoms with E-state index < -0.39 is 5.60 Å². The molecule has 27 heavy (non-hydrogen) atoms. The van der Waals surface area contributed by atoms with Crippen molar-refractivity contribution >= 4 is 16.8 Å². The monoisotopic (exact) mass is 371 g/mol. The number of fused-ring (bicyclic) bond motifs is 2. The molecule has 0 bridgehead atoms. The van der Waals surface area contributed by atoms with Gasteiger partial charge >= 0.3 is 0 Å². The highest BCUT2D eigenvalue weighted by molar-refractivity contribution is 5.89. The van der Waals surface area contributed by atoms with Crippen LogP contribution >= 0.6 is 0 Å². The number of methoxy groups -OCH3 is 1. The summed E-state index contributed by atoms with van der Waals surface area (Å²) in [7, 11) is 3.85. The summed E-state index contributed by atoms with van der Waals surface area (Å²) in [6.45, 7) is 2.63. The summed E-state index contributed by atoms with van der Waals surface area (Å²) in [5.41, 5.74) is 3.11. The maximum absolute atomic E-state index is 12.9. The van der Waals surface area contributed by atoms with Crippen LogP contribution in [0.5, 0.6) is 0 Å². The number of hydrogen-bond donors (Lipinski definition) is 3. The third-order valence-electron chi connectivity index (χ3n) is 6.58. The molecule has 2 heterocycles. The van der Waals surface area contributed by atoms with E-state index in [1.807, 2.05) is 6.92 Å². The van der Waals surface area contributed by atoms with Crippen molar-refractivity contribution in [3.8, 4) is 0 Å². The molecular weight excluding hydrogens is 342 g/mol. The van der Waals surface area contributed by atoms with E-state index in [0.29, 0.717) is 13.0 Å². The number of aromatic nitrogens is 1. The van der Waals surface area contributed by atoms with Gasteiger partial charge in [-0.2, -0.15) is 0 Å². The molecule has 1 amide bonds. The van der Waals surface area contributed by atoms with Crippen LogP contribution in [-0.2, 0) is 21.6 Å². The van der Waals surface area contributed by atoms with E-state index in [9.17, 15) is 9.90 Å². The minimum Gasteiger partial charge on any atom is -0.394 e. The van der Waals surface area contributed by atoms with Crippen molar-refractivity contribution in [1.82, 2.24) is 15.2 Å². The molecule has 6 nitrogen and oxygen atoms in total. The average Bonchev–Trinajstić information content (AvgIpc) is 3.11. The van der Waals surface area contributed by atoms with E-state index in [-0.39, 0.29) is 30.5 Å². The number of carbonyl (C=O) groups excluding carboxylic acids is 1. The zero-order valence-electron chi connectivity index (χ0n) is 16.3. The third kappa shape index (κ3) is 2.78. The van der Waals surface area contributed by atoms with Crippen LogP contribution in [0.1, 0.15) is 30.9 Å². The predicted octanol–water partition coefficient (Wildman–Crippen LogP) is 1.77. The van der Waals surface area contributed by atoms with Gasteiger partial charge < -0.3 is 20.1 Å². The Morgan fingerprint density at radius 2 is 2.33 bits per heavy atom. The largest absolute Gasteiger partial charge is 0.394 e. The van der Waals surface area contributed by atoms with E-state index in [1.165, 1.54) is 16.5 Å². The minimum atomic E-state index is -0.509. The van der Waals surface area contributed by atoms with E-state index in [0.717, 1.165) is 18.4 Å². The van der Waals surface area contributed by atoms with Gasteiger partial charge in [-0.1, -0.05) is 19.1 Å². The minimum absolute atomic E-state index is 0.00432. The molecular formula is C21H29N3O3. The van der Waals surface area contributed by atoms with Crippen LogP contribution in [0.25, 0.3) is 10.9 Å². The lowest BCUT2D eigenvalue weighted by Gasteiger charge is -2.52. The Labute approximate surface area is 159 Å². The smallest absolute Gasteiger partial charge is 0.224 e. The Bertz CT molecular complexity index is 844. The van der Waals surface area contributed by atoms with Crippen molar-refractivity contribution in [2.24, 2.45) is 5.92 Å². The SMILES string of the molecule is CCC(CO)NC(=O)C1CN(C)C2Cc3c[nH]c4cccc(c34)C2(OC)C1. The van der Waals surface area contributed by atoms with Crippen molar-refractivity contribution in [1.29, 1.82) is 0 Å². The Morgan fingerprint density at radius 1 is 1.52 bits per heavy atom. The fourth-order valence-corrected chi connectivity index (χ4v) is 5.09. The number of ether oxygens (including phenoxy) is 1. The molecule has 0 saturated carbocycles. The molecule has 2 aliphatic rings. The van der Waals surface area contributed by atoms with E-state index in [1.54, 1.807) is 7.11 Å². The van der Waals surface area contributed by atoms with Gasteiger partial charge in [0.2, 0.25) is 5.91 Å². The van der Waals surface area contributed by atoms with Crippen molar-refractivity contribution in [2.45, 2.75) is 43.9 Å². The van der Waals surface area contributed by atoms with Crippen LogP contribution in [0.3, 0.4) is 0 Å². The summed E-state index contributed by atoms with van der Waals surface area (Å²) in [5, 5.41) is 13.7. The van der Waals surface area contributed by atoms with Crippen molar-refractivity contribution in [2.75, 3.05) is 27.3 Å². The van der Waals surface area contributed by atoms with Crippen molar-refractivity contribution in [3.05, 3.63) is 35.5 Å². The summed E-state index contributed by atoms with van der Waals surface area (Å²) in [4.78, 5) is 18.6. The van der Waals surface area contributed by atoms with Crippen molar-refractivity contribution in [3.63, 3.8) is 0 Å². The molecule has 4 unspecified atom stereocenters. The van der Waals surface area contributed by atoms with Crippen LogP contribution < -0.4 is 5.32 Å². The fourth-order valence-electron chi connectivity index (χ4n) is 5.09. The summed E-state index contributed by atoms with van der Waals surface area (Å²) in [5.74, 6) is -0.174. The zero-order valence-corrected chi connectivity index (χ0v) is 16.3. The molecule has 2 aromatic rings. The average molecular weight is 371 g/mol. The summed E-state index contributed by atoms with van der Waals surface area (Å²) >= 11 is 0. The molecule has 1 aliphatic heterocycles.